The maximum atomic E-state index is 2.94. The van der Waals surface area contributed by atoms with Crippen LogP contribution >= 0.6 is 13.2 Å². The van der Waals surface area contributed by atoms with Crippen LogP contribution in [0.5, 0.6) is 0 Å². The van der Waals surface area contributed by atoms with E-state index in [9.17, 15) is 0 Å². The summed E-state index contributed by atoms with van der Waals surface area (Å²) in [5.41, 5.74) is 0. The normalized spacial score (nSPS) is 6.67. The van der Waals surface area contributed by atoms with Crippen LogP contribution < -0.4 is 0 Å². The Morgan fingerprint density at radius 2 is 1.17 bits per heavy atom. The summed E-state index contributed by atoms with van der Waals surface area (Å²) in [6, 6.07) is 0. The van der Waals surface area contributed by atoms with Gasteiger partial charge >= 0.3 is 31.5 Å². The summed E-state index contributed by atoms with van der Waals surface area (Å²) >= 11 is 4.75. The third kappa shape index (κ3) is 66.8. The average molecular weight is 187 g/mol. The van der Waals surface area contributed by atoms with Crippen LogP contribution in [0.4, 0.5) is 0 Å². The van der Waals surface area contributed by atoms with Crippen molar-refractivity contribution < 1.29 is 18.3 Å². The van der Waals surface area contributed by atoms with E-state index in [2.05, 4.69) is 13.2 Å². The van der Waals surface area contributed by atoms with Gasteiger partial charge in [0.2, 0.25) is 0 Å². The Bertz CT molecular complexity index is 15.5. The number of hydrogen-bond acceptors (Lipinski definition) is 1. The summed E-state index contributed by atoms with van der Waals surface area (Å²) in [7, 11) is 6.00. The van der Waals surface area contributed by atoms with Crippen LogP contribution in [0, 0.1) is 0 Å². The molecule has 1 nitrogen and oxygen atoms in total. The van der Waals surface area contributed by atoms with Gasteiger partial charge in [-0.05, 0) is 21.1 Å². The number of hydrogen-bond donors (Lipinski definition) is 0. The van der Waals surface area contributed by atoms with Crippen molar-refractivity contribution in [2.45, 2.75) is 0 Å². The van der Waals surface area contributed by atoms with Crippen LogP contribution in [0.2, 0.25) is 0 Å². The van der Waals surface area contributed by atoms with Crippen LogP contribution in [-0.2, 0) is 18.3 Å². The number of halogens is 1. The first-order chi connectivity index (χ1) is 2.73. The molecule has 0 bridgehead atoms. The molecule has 0 atom stereocenters. The van der Waals surface area contributed by atoms with Gasteiger partial charge in [-0.15, -0.1) is 0 Å². The molecule has 0 aromatic heterocycles. The summed E-state index contributed by atoms with van der Waals surface area (Å²) in [4.78, 5) is 2.00. The molecule has 0 N–H and O–H groups in total. The summed E-state index contributed by atoms with van der Waals surface area (Å²) in [6.45, 7) is 0. The number of nitrogens with zero attached hydrogens (tertiary/aromatic N) is 1. The van der Waals surface area contributed by atoms with Gasteiger partial charge in [-0.2, -0.15) is 0 Å². The molecule has 0 aliphatic heterocycles. The second-order valence-corrected chi connectivity index (χ2v) is 1.34. The van der Waals surface area contributed by atoms with Crippen LogP contribution in [0.3, 0.4) is 0 Å². The Morgan fingerprint density at radius 3 is 1.17 bits per heavy atom. The van der Waals surface area contributed by atoms with Crippen molar-refractivity contribution in [1.82, 2.24) is 4.90 Å². The second kappa shape index (κ2) is 9.47. The van der Waals surface area contributed by atoms with E-state index in [1.54, 1.807) is 0 Å². The van der Waals surface area contributed by atoms with E-state index in [-0.39, 0.29) is 0 Å². The molecule has 0 rings (SSSR count). The zero-order valence-corrected chi connectivity index (χ0v) is 7.47. The van der Waals surface area contributed by atoms with Crippen LogP contribution in [0.1, 0.15) is 0 Å². The zero-order valence-electron chi connectivity index (χ0n) is 4.33. The zero-order chi connectivity index (χ0) is 5.58. The third-order valence-corrected chi connectivity index (χ3v) is 0. The molecule has 0 aromatic carbocycles. The minimum atomic E-state index is 1.81. The molecule has 0 saturated carbocycles. The predicted molar refractivity (Wildman–Crippen MR) is 28.5 cm³/mol. The summed E-state index contributed by atoms with van der Waals surface area (Å²) in [5.74, 6) is 0. The first kappa shape index (κ1) is 10.2. The van der Waals surface area contributed by atoms with Crippen molar-refractivity contribution in [2.24, 2.45) is 0 Å². The van der Waals surface area contributed by atoms with E-state index >= 15 is 0 Å². The molecule has 0 unspecified atom stereocenters. The van der Waals surface area contributed by atoms with E-state index in [4.69, 9.17) is 0 Å². The average Bonchev–Trinajstić information content (AvgIpc) is 1.41. The molecule has 37 valence electrons. The quantitative estimate of drug-likeness (QED) is 0.511. The summed E-state index contributed by atoms with van der Waals surface area (Å²) < 4.78 is 0. The molecule has 0 aliphatic rings. The second-order valence-electron chi connectivity index (χ2n) is 1.34. The Kier molecular flexibility index (Phi) is 16.1. The van der Waals surface area contributed by atoms with Crippen molar-refractivity contribution in [2.75, 3.05) is 21.1 Å². The standard InChI is InChI=1S/C3H9N.BrH.Ti/c1-4(2)3;;/h1-3H3;1H;/q;;+1/p-1. The van der Waals surface area contributed by atoms with Crippen molar-refractivity contribution in [1.29, 1.82) is 0 Å². The van der Waals surface area contributed by atoms with Gasteiger partial charge in [-0.3, -0.25) is 0 Å². The molecule has 0 aromatic rings. The first-order valence-corrected chi connectivity index (χ1v) is 5.39. The van der Waals surface area contributed by atoms with Gasteiger partial charge in [0.15, 0.2) is 0 Å². The molecule has 3 heteroatoms. The van der Waals surface area contributed by atoms with Gasteiger partial charge in [0, 0.05) is 0 Å². The van der Waals surface area contributed by atoms with Gasteiger partial charge in [0.05, 0.1) is 0 Å². The van der Waals surface area contributed by atoms with E-state index in [0.717, 1.165) is 0 Å². The van der Waals surface area contributed by atoms with E-state index in [1.807, 2.05) is 44.4 Å². The fourth-order valence-corrected chi connectivity index (χ4v) is 0. The van der Waals surface area contributed by atoms with Gasteiger partial charge < -0.3 is 4.90 Å². The van der Waals surface area contributed by atoms with Gasteiger partial charge in [0.1, 0.15) is 0 Å². The summed E-state index contributed by atoms with van der Waals surface area (Å²) in [5, 5.41) is 0. The molecule has 0 spiro atoms. The van der Waals surface area contributed by atoms with Crippen LogP contribution in [-0.4, -0.2) is 26.0 Å². The number of rotatable bonds is 0. The van der Waals surface area contributed by atoms with Gasteiger partial charge in [-0.25, -0.2) is 0 Å². The summed E-state index contributed by atoms with van der Waals surface area (Å²) in [6.07, 6.45) is 0. The molecule has 0 fully saturated rings. The molecule has 0 saturated heterocycles. The van der Waals surface area contributed by atoms with Crippen LogP contribution in [0.25, 0.3) is 0 Å². The molecule has 0 heterocycles. The molecule has 0 amide bonds. The Morgan fingerprint density at radius 1 is 1.17 bits per heavy atom. The minimum absolute atomic E-state index is 1.81. The van der Waals surface area contributed by atoms with Crippen molar-refractivity contribution in [3.8, 4) is 0 Å². The Hall–Kier alpha value is 1.15. The SMILES string of the molecule is CN(C)C.[Ti][Br]. The fraction of sp³-hybridized carbons (Fsp3) is 1.00. The molecule has 6 heavy (non-hydrogen) atoms. The maximum absolute atomic E-state index is 2.94. The first-order valence-electron chi connectivity index (χ1n) is 1.53. The fourth-order valence-electron chi connectivity index (χ4n) is 0. The third-order valence-electron chi connectivity index (χ3n) is 0. The van der Waals surface area contributed by atoms with Gasteiger partial charge in [-0.1, -0.05) is 0 Å². The van der Waals surface area contributed by atoms with Crippen molar-refractivity contribution >= 4 is 13.2 Å². The molecular weight excluding hydrogens is 178 g/mol. The topological polar surface area (TPSA) is 3.24 Å². The van der Waals surface area contributed by atoms with Crippen molar-refractivity contribution in [3.63, 3.8) is 0 Å². The Balaban J connectivity index is 0. The molecular formula is C3H9BrNTi. The van der Waals surface area contributed by atoms with Crippen molar-refractivity contribution in [3.05, 3.63) is 0 Å². The predicted octanol–water partition coefficient (Wildman–Crippen LogP) is 1.02. The van der Waals surface area contributed by atoms with Crippen LogP contribution in [0.15, 0.2) is 0 Å². The van der Waals surface area contributed by atoms with Gasteiger partial charge in [0.25, 0.3) is 0 Å². The van der Waals surface area contributed by atoms with E-state index in [0.29, 0.717) is 0 Å². The molecule has 0 radical (unpaired) electrons. The monoisotopic (exact) mass is 186 g/mol. The van der Waals surface area contributed by atoms with E-state index in [1.165, 1.54) is 0 Å². The molecule has 0 aliphatic carbocycles. The van der Waals surface area contributed by atoms with E-state index < -0.39 is 0 Å². The Labute approximate surface area is 57.6 Å².